The lowest BCUT2D eigenvalue weighted by Crippen LogP contribution is -2.10. The van der Waals surface area contributed by atoms with E-state index in [-0.39, 0.29) is 5.91 Å². The van der Waals surface area contributed by atoms with Gasteiger partial charge in [-0.05, 0) is 48.5 Å². The third-order valence-electron chi connectivity index (χ3n) is 3.46. The fourth-order valence-electron chi connectivity index (χ4n) is 2.31. The van der Waals surface area contributed by atoms with Crippen LogP contribution in [0.5, 0.6) is 17.2 Å². The molecule has 3 rings (SSSR count). The van der Waals surface area contributed by atoms with Gasteiger partial charge in [-0.2, -0.15) is 0 Å². The molecule has 3 aromatic carbocycles. The Kier molecular flexibility index (Phi) is 5.29. The first-order valence-corrected chi connectivity index (χ1v) is 8.03. The molecule has 26 heavy (non-hydrogen) atoms. The summed E-state index contributed by atoms with van der Waals surface area (Å²) in [7, 11) is 0. The fourth-order valence-corrected chi connectivity index (χ4v) is 2.31. The second-order valence-electron chi connectivity index (χ2n) is 5.51. The lowest BCUT2D eigenvalue weighted by Gasteiger charge is -2.11. The number of para-hydroxylation sites is 2. The van der Waals surface area contributed by atoms with Crippen molar-refractivity contribution in [1.29, 1.82) is 0 Å². The van der Waals surface area contributed by atoms with E-state index in [1.54, 1.807) is 48.5 Å². The van der Waals surface area contributed by atoms with E-state index in [9.17, 15) is 9.59 Å². The Bertz CT molecular complexity index is 905. The van der Waals surface area contributed by atoms with Gasteiger partial charge in [0.15, 0.2) is 0 Å². The van der Waals surface area contributed by atoms with Gasteiger partial charge in [0.2, 0.25) is 5.91 Å². The van der Waals surface area contributed by atoms with E-state index in [4.69, 9.17) is 9.47 Å². The summed E-state index contributed by atoms with van der Waals surface area (Å²) < 4.78 is 11.2. The van der Waals surface area contributed by atoms with Gasteiger partial charge >= 0.3 is 5.97 Å². The lowest BCUT2D eigenvalue weighted by molar-refractivity contribution is -0.114. The van der Waals surface area contributed by atoms with Crippen molar-refractivity contribution in [3.8, 4) is 17.2 Å². The maximum atomic E-state index is 12.5. The Hall–Kier alpha value is -3.60. The third-order valence-corrected chi connectivity index (χ3v) is 3.46. The molecule has 0 spiro atoms. The van der Waals surface area contributed by atoms with Gasteiger partial charge in [-0.25, -0.2) is 4.79 Å². The summed E-state index contributed by atoms with van der Waals surface area (Å²) >= 11 is 0. The summed E-state index contributed by atoms with van der Waals surface area (Å²) in [6, 6.07) is 22.7. The molecular formula is C21H17NO4. The van der Waals surface area contributed by atoms with Gasteiger partial charge in [-0.3, -0.25) is 4.79 Å². The van der Waals surface area contributed by atoms with E-state index in [2.05, 4.69) is 5.32 Å². The van der Waals surface area contributed by atoms with Crippen molar-refractivity contribution in [1.82, 2.24) is 0 Å². The molecule has 0 saturated carbocycles. The number of ether oxygens (including phenoxy) is 2. The number of esters is 1. The van der Waals surface area contributed by atoms with Crippen molar-refractivity contribution in [3.63, 3.8) is 0 Å². The standard InChI is InChI=1S/C21H17NO4/c1-15(23)22-16-11-13-18(14-12-16)26-21(24)19-9-5-6-10-20(19)25-17-7-3-2-4-8-17/h2-14H,1H3,(H,22,23). The Morgan fingerprint density at radius 3 is 2.12 bits per heavy atom. The lowest BCUT2D eigenvalue weighted by atomic mass is 10.2. The molecule has 130 valence electrons. The van der Waals surface area contributed by atoms with Gasteiger partial charge in [0, 0.05) is 12.6 Å². The van der Waals surface area contributed by atoms with Crippen LogP contribution in [0.4, 0.5) is 5.69 Å². The zero-order valence-electron chi connectivity index (χ0n) is 14.1. The van der Waals surface area contributed by atoms with Gasteiger partial charge in [0.05, 0.1) is 0 Å². The molecule has 0 aromatic heterocycles. The minimum atomic E-state index is -0.524. The third kappa shape index (κ3) is 4.48. The normalized spacial score (nSPS) is 10.0. The van der Waals surface area contributed by atoms with E-state index in [0.717, 1.165) is 0 Å². The highest BCUT2D eigenvalue weighted by Gasteiger charge is 2.15. The van der Waals surface area contributed by atoms with Crippen LogP contribution in [-0.2, 0) is 4.79 Å². The first-order chi connectivity index (χ1) is 12.6. The van der Waals surface area contributed by atoms with Crippen LogP contribution >= 0.6 is 0 Å². The topological polar surface area (TPSA) is 64.6 Å². The van der Waals surface area contributed by atoms with Crippen LogP contribution < -0.4 is 14.8 Å². The molecule has 0 bridgehead atoms. The number of hydrogen-bond acceptors (Lipinski definition) is 4. The van der Waals surface area contributed by atoms with Crippen LogP contribution in [0.1, 0.15) is 17.3 Å². The Balaban J connectivity index is 1.75. The largest absolute Gasteiger partial charge is 0.456 e. The molecule has 1 N–H and O–H groups in total. The van der Waals surface area contributed by atoms with Crippen molar-refractivity contribution >= 4 is 17.6 Å². The van der Waals surface area contributed by atoms with Gasteiger partial charge in [0.25, 0.3) is 0 Å². The minimum absolute atomic E-state index is 0.165. The van der Waals surface area contributed by atoms with Crippen molar-refractivity contribution in [3.05, 3.63) is 84.4 Å². The summed E-state index contributed by atoms with van der Waals surface area (Å²) in [5.41, 5.74) is 0.951. The number of hydrogen-bond donors (Lipinski definition) is 1. The van der Waals surface area contributed by atoms with E-state index >= 15 is 0 Å². The zero-order valence-corrected chi connectivity index (χ0v) is 14.1. The first kappa shape index (κ1) is 17.2. The maximum absolute atomic E-state index is 12.5. The molecule has 3 aromatic rings. The average molecular weight is 347 g/mol. The number of anilines is 1. The maximum Gasteiger partial charge on any atom is 0.347 e. The number of amides is 1. The molecule has 0 heterocycles. The quantitative estimate of drug-likeness (QED) is 0.539. The Labute approximate surface area is 151 Å². The molecule has 0 atom stereocenters. The monoisotopic (exact) mass is 347 g/mol. The predicted octanol–water partition coefficient (Wildman–Crippen LogP) is 4.66. The van der Waals surface area contributed by atoms with E-state index < -0.39 is 5.97 Å². The number of rotatable bonds is 5. The predicted molar refractivity (Wildman–Crippen MR) is 98.7 cm³/mol. The van der Waals surface area contributed by atoms with Crippen molar-refractivity contribution < 1.29 is 19.1 Å². The van der Waals surface area contributed by atoms with Crippen molar-refractivity contribution in [2.45, 2.75) is 6.92 Å². The van der Waals surface area contributed by atoms with Crippen LogP contribution in [-0.4, -0.2) is 11.9 Å². The van der Waals surface area contributed by atoms with Gasteiger partial charge in [-0.1, -0.05) is 30.3 Å². The van der Waals surface area contributed by atoms with Crippen molar-refractivity contribution in [2.75, 3.05) is 5.32 Å². The van der Waals surface area contributed by atoms with Gasteiger partial charge < -0.3 is 14.8 Å². The summed E-state index contributed by atoms with van der Waals surface area (Å²) in [5, 5.41) is 2.65. The van der Waals surface area contributed by atoms with E-state index in [1.165, 1.54) is 6.92 Å². The zero-order chi connectivity index (χ0) is 18.4. The molecule has 0 radical (unpaired) electrons. The number of nitrogens with one attached hydrogen (secondary N) is 1. The Morgan fingerprint density at radius 2 is 1.42 bits per heavy atom. The highest BCUT2D eigenvalue weighted by atomic mass is 16.5. The molecule has 5 heteroatoms. The number of carbonyl (C=O) groups excluding carboxylic acids is 2. The molecule has 0 aliphatic heterocycles. The second kappa shape index (κ2) is 7.98. The summed E-state index contributed by atoms with van der Waals surface area (Å²) in [6.45, 7) is 1.43. The highest BCUT2D eigenvalue weighted by Crippen LogP contribution is 2.26. The minimum Gasteiger partial charge on any atom is -0.456 e. The molecular weight excluding hydrogens is 330 g/mol. The van der Waals surface area contributed by atoms with Crippen LogP contribution in [0.2, 0.25) is 0 Å². The van der Waals surface area contributed by atoms with Gasteiger partial charge in [-0.15, -0.1) is 0 Å². The molecule has 0 aliphatic carbocycles. The van der Waals surface area contributed by atoms with Crippen molar-refractivity contribution in [2.24, 2.45) is 0 Å². The van der Waals surface area contributed by atoms with E-state index in [0.29, 0.717) is 28.5 Å². The molecule has 5 nitrogen and oxygen atoms in total. The smallest absolute Gasteiger partial charge is 0.347 e. The van der Waals surface area contributed by atoms with Crippen LogP contribution in [0.3, 0.4) is 0 Å². The SMILES string of the molecule is CC(=O)Nc1ccc(OC(=O)c2ccccc2Oc2ccccc2)cc1. The van der Waals surface area contributed by atoms with Gasteiger partial charge in [0.1, 0.15) is 22.8 Å². The number of benzene rings is 3. The molecule has 0 saturated heterocycles. The molecule has 0 fully saturated rings. The fraction of sp³-hybridized carbons (Fsp3) is 0.0476. The second-order valence-corrected chi connectivity index (χ2v) is 5.51. The molecule has 0 aliphatic rings. The molecule has 0 unspecified atom stereocenters. The first-order valence-electron chi connectivity index (χ1n) is 8.03. The molecule has 1 amide bonds. The van der Waals surface area contributed by atoms with E-state index in [1.807, 2.05) is 30.3 Å². The van der Waals surface area contributed by atoms with Crippen LogP contribution in [0.25, 0.3) is 0 Å². The summed E-state index contributed by atoms with van der Waals surface area (Å²) in [5.74, 6) is 0.732. The van der Waals surface area contributed by atoms with Crippen LogP contribution in [0.15, 0.2) is 78.9 Å². The summed E-state index contributed by atoms with van der Waals surface area (Å²) in [4.78, 5) is 23.6. The average Bonchev–Trinajstić information content (AvgIpc) is 2.64. The number of carbonyl (C=O) groups is 2. The summed E-state index contributed by atoms with van der Waals surface area (Å²) in [6.07, 6.45) is 0. The highest BCUT2D eigenvalue weighted by molar-refractivity contribution is 5.94. The van der Waals surface area contributed by atoms with Crippen LogP contribution in [0, 0.1) is 0 Å². The Morgan fingerprint density at radius 1 is 0.769 bits per heavy atom.